The van der Waals surface area contributed by atoms with Gasteiger partial charge in [-0.2, -0.15) is 0 Å². The molecular weight excluding hydrogens is 890 g/mol. The van der Waals surface area contributed by atoms with E-state index in [1.54, 1.807) is 33.9 Å². The zero-order valence-corrected chi connectivity index (χ0v) is 40.2. The van der Waals surface area contributed by atoms with Crippen LogP contribution in [0.25, 0.3) is 0 Å². The maximum Gasteiger partial charge on any atom is 0.131 e. The van der Waals surface area contributed by atoms with Gasteiger partial charge in [-0.15, -0.1) is 0 Å². The second kappa shape index (κ2) is 22.2. The maximum absolute atomic E-state index is 5.49. The Balaban J connectivity index is 0.000000124. The Bertz CT molecular complexity index is 3560. The van der Waals surface area contributed by atoms with Gasteiger partial charge in [0.15, 0.2) is 0 Å². The summed E-state index contributed by atoms with van der Waals surface area (Å²) in [6, 6.07) is 0. The number of fused-ring (bicyclic) bond motifs is 6. The molecule has 0 bridgehead atoms. The molecule has 336 valence electrons. The highest BCUT2D eigenvalue weighted by atomic mass is 15.0. The number of hydrogen-bond donors (Lipinski definition) is 0. The minimum absolute atomic E-state index is 0.430. The fourth-order valence-corrected chi connectivity index (χ4v) is 9.18. The van der Waals surface area contributed by atoms with E-state index in [4.69, 9.17) is 23.2 Å². The third-order valence-electron chi connectivity index (χ3n) is 12.6. The highest BCUT2D eigenvalue weighted by Gasteiger charge is 2.18. The van der Waals surface area contributed by atoms with Crippen LogP contribution >= 0.6 is 0 Å². The third kappa shape index (κ3) is 9.73. The van der Waals surface area contributed by atoms with Crippen molar-refractivity contribution < 1.29 is 0 Å². The van der Waals surface area contributed by atoms with Crippen LogP contribution in [-0.2, 0) is 38.5 Å². The molecule has 6 aliphatic heterocycles. The SMILES string of the molecule is [B][B][B]c1cnc(Cc2cnc(CC)c3c2=NCN=3)c2c1=NCN=2.[B][B][B]c1cnc(Cc2ncc(CC)c3c2=NCN=3)c2c1=NCN=2.[B][B][B]c1ncc(Cc2cnc(CC)c3c2=NCN=3)c2c1=NCN=2. The Morgan fingerprint density at radius 2 is 0.653 bits per heavy atom. The summed E-state index contributed by atoms with van der Waals surface area (Å²) >= 11 is 0. The monoisotopic (exact) mass is 930 g/mol. The molecule has 72 heavy (non-hydrogen) atoms. The fourth-order valence-electron chi connectivity index (χ4n) is 9.18. The van der Waals surface area contributed by atoms with Crippen LogP contribution in [0.5, 0.6) is 0 Å². The second-order valence-electron chi connectivity index (χ2n) is 16.8. The Labute approximate surface area is 422 Å². The molecule has 0 saturated carbocycles. The summed E-state index contributed by atoms with van der Waals surface area (Å²) in [6.07, 6.45) is 15.5. The van der Waals surface area contributed by atoms with Gasteiger partial charge in [0.05, 0.1) is 66.0 Å². The van der Waals surface area contributed by atoms with Gasteiger partial charge in [-0.3, -0.25) is 89.8 Å². The standard InChI is InChI=1S/3C15H13B3N6/c1-2-10-14-12(21-6-23-14)8(4-19-10)3-11-15-13(22-7-24-15)9(5-20-11)17-18-16;1-2-10-13-11(21-6-23-13)8(4-19-10)3-9-5-20-15(17-18-16)14-12(9)22-7-24-14;1-2-8-4-19-10(14-12(8)21-6-23-14)3-11-15-13(22-7-24-15)9(5-20-11)17-18-16/h3*4-5H,2-3,6-7H2,1H3. The van der Waals surface area contributed by atoms with Crippen LogP contribution in [0.2, 0.25) is 0 Å². The van der Waals surface area contributed by atoms with Gasteiger partial charge >= 0.3 is 0 Å². The molecule has 12 radical (unpaired) electrons. The molecule has 0 amide bonds. The number of aromatic nitrogens is 6. The van der Waals surface area contributed by atoms with Gasteiger partial charge in [0.2, 0.25) is 0 Å². The number of rotatable bonds is 15. The topological polar surface area (TPSA) is 226 Å². The Hall–Kier alpha value is -6.92. The Morgan fingerprint density at radius 3 is 1.12 bits per heavy atom. The van der Waals surface area contributed by atoms with Gasteiger partial charge in [-0.05, 0) is 24.8 Å². The summed E-state index contributed by atoms with van der Waals surface area (Å²) in [5.74, 6) is 0. The first-order chi connectivity index (χ1) is 35.4. The van der Waals surface area contributed by atoms with Crippen molar-refractivity contribution in [3.63, 3.8) is 0 Å². The van der Waals surface area contributed by atoms with E-state index in [0.717, 1.165) is 151 Å². The van der Waals surface area contributed by atoms with Crippen LogP contribution in [-0.4, -0.2) is 136 Å². The van der Waals surface area contributed by atoms with E-state index in [9.17, 15) is 0 Å². The van der Waals surface area contributed by atoms with Crippen molar-refractivity contribution in [1.29, 1.82) is 0 Å². The second-order valence-corrected chi connectivity index (χ2v) is 16.8. The molecule has 0 N–H and O–H groups in total. The molecule has 0 aromatic carbocycles. The highest BCUT2D eigenvalue weighted by Crippen LogP contribution is 2.03. The molecular formula is C45H39B9N18. The molecule has 0 saturated heterocycles. The van der Waals surface area contributed by atoms with Crippen LogP contribution in [0.15, 0.2) is 97.1 Å². The molecule has 12 rings (SSSR count). The molecule has 18 nitrogen and oxygen atoms in total. The smallest absolute Gasteiger partial charge is 0.131 e. The van der Waals surface area contributed by atoms with Crippen molar-refractivity contribution >= 4 is 82.4 Å². The van der Waals surface area contributed by atoms with Crippen molar-refractivity contribution in [2.24, 2.45) is 59.9 Å². The third-order valence-corrected chi connectivity index (χ3v) is 12.6. The molecule has 27 heteroatoms. The zero-order chi connectivity index (χ0) is 49.6. The summed E-state index contributed by atoms with van der Waals surface area (Å²) in [6.45, 7) is 9.00. The Kier molecular flexibility index (Phi) is 15.0. The molecule has 6 aromatic rings. The summed E-state index contributed by atoms with van der Waals surface area (Å²) in [4.78, 5) is 81.1. The summed E-state index contributed by atoms with van der Waals surface area (Å²) in [5.41, 5.74) is 11.4. The van der Waals surface area contributed by atoms with E-state index in [2.05, 4.69) is 111 Å². The van der Waals surface area contributed by atoms with Crippen molar-refractivity contribution in [3.8, 4) is 0 Å². The highest BCUT2D eigenvalue weighted by molar-refractivity contribution is 7.28. The van der Waals surface area contributed by atoms with Crippen molar-refractivity contribution in [1.82, 2.24) is 29.9 Å². The first kappa shape index (κ1) is 48.7. The lowest BCUT2D eigenvalue weighted by atomic mass is 9.26. The first-order valence-electron chi connectivity index (χ1n) is 23.8. The first-order valence-corrected chi connectivity index (χ1v) is 23.8. The molecule has 0 aliphatic carbocycles. The fraction of sp³-hybridized carbons (Fsp3) is 0.333. The lowest BCUT2D eigenvalue weighted by Gasteiger charge is -2.05. The molecule has 6 aromatic heterocycles. The minimum atomic E-state index is 0.430. The summed E-state index contributed by atoms with van der Waals surface area (Å²) in [7, 11) is 26.2. The number of pyridine rings is 6. The maximum atomic E-state index is 5.49. The molecule has 0 fully saturated rings. The molecule has 12 heterocycles. The van der Waals surface area contributed by atoms with Gasteiger partial charge < -0.3 is 0 Å². The van der Waals surface area contributed by atoms with Crippen molar-refractivity contribution in [3.05, 3.63) is 152 Å². The predicted molar refractivity (Wildman–Crippen MR) is 276 cm³/mol. The normalized spacial score (nSPS) is 13.9. The van der Waals surface area contributed by atoms with Gasteiger partial charge in [0.1, 0.15) is 88.3 Å². The van der Waals surface area contributed by atoms with Crippen LogP contribution < -0.4 is 80.8 Å². The van der Waals surface area contributed by atoms with E-state index in [0.29, 0.717) is 59.3 Å². The summed E-state index contributed by atoms with van der Waals surface area (Å²) in [5, 5.41) is 10.7. The van der Waals surface area contributed by atoms with Crippen molar-refractivity contribution in [2.45, 2.75) is 59.3 Å². The van der Waals surface area contributed by atoms with E-state index in [1.807, 2.05) is 24.8 Å². The van der Waals surface area contributed by atoms with Crippen LogP contribution in [0, 0.1) is 0 Å². The zero-order valence-electron chi connectivity index (χ0n) is 40.2. The molecule has 0 unspecified atom stereocenters. The van der Waals surface area contributed by atoms with Gasteiger partial charge in [0.25, 0.3) is 0 Å². The largest absolute Gasteiger partial charge is 0.270 e. The average Bonchev–Trinajstić information content (AvgIpc) is 4.27. The van der Waals surface area contributed by atoms with Gasteiger partial charge in [0, 0.05) is 123 Å². The van der Waals surface area contributed by atoms with Crippen LogP contribution in [0.4, 0.5) is 0 Å². The van der Waals surface area contributed by atoms with E-state index in [-0.39, 0.29) is 0 Å². The Morgan fingerprint density at radius 1 is 0.319 bits per heavy atom. The lowest BCUT2D eigenvalue weighted by molar-refractivity contribution is 0.929. The lowest BCUT2D eigenvalue weighted by Crippen LogP contribution is -2.46. The number of hydrogen-bond acceptors (Lipinski definition) is 18. The van der Waals surface area contributed by atoms with Gasteiger partial charge in [-0.1, -0.05) is 31.7 Å². The van der Waals surface area contributed by atoms with E-state index >= 15 is 0 Å². The van der Waals surface area contributed by atoms with Crippen molar-refractivity contribution in [2.75, 3.05) is 40.0 Å². The predicted octanol–water partition coefficient (Wildman–Crippen LogP) is -8.75. The quantitative estimate of drug-likeness (QED) is 0.0909. The summed E-state index contributed by atoms with van der Waals surface area (Å²) < 4.78 is 0. The van der Waals surface area contributed by atoms with Crippen LogP contribution in [0.1, 0.15) is 71.5 Å². The number of nitrogens with zero attached hydrogens (tertiary/aromatic N) is 18. The van der Waals surface area contributed by atoms with E-state index in [1.165, 1.54) is 21.2 Å². The molecule has 6 aliphatic rings. The molecule has 0 atom stereocenters. The minimum Gasteiger partial charge on any atom is -0.270 e. The molecule has 0 spiro atoms. The van der Waals surface area contributed by atoms with Gasteiger partial charge in [-0.25, -0.2) is 0 Å². The number of aryl methyl sites for hydroxylation is 3. The average molecular weight is 929 g/mol. The van der Waals surface area contributed by atoms with Crippen LogP contribution in [0.3, 0.4) is 0 Å². The van der Waals surface area contributed by atoms with E-state index < -0.39 is 0 Å².